The van der Waals surface area contributed by atoms with Crippen LogP contribution in [0.3, 0.4) is 0 Å². The number of aryl methyl sites for hydroxylation is 1. The molecule has 0 bridgehead atoms. The van der Waals surface area contributed by atoms with E-state index in [-0.39, 0.29) is 41.0 Å². The molecule has 1 unspecified atom stereocenters. The smallest absolute Gasteiger partial charge is 0.328 e. The number of likely N-dealkylation sites (tertiary alicyclic amines) is 1. The van der Waals surface area contributed by atoms with Gasteiger partial charge in [-0.15, -0.1) is 0 Å². The highest BCUT2D eigenvalue weighted by atomic mass is 32.2. The van der Waals surface area contributed by atoms with Gasteiger partial charge in [-0.3, -0.25) is 14.5 Å². The fraction of sp³-hybridized carbons (Fsp3) is 0.290. The lowest BCUT2D eigenvalue weighted by Crippen LogP contribution is -2.59. The van der Waals surface area contributed by atoms with E-state index >= 15 is 0 Å². The summed E-state index contributed by atoms with van der Waals surface area (Å²) in [7, 11) is 0.104. The predicted molar refractivity (Wildman–Crippen MR) is 166 cm³/mol. The van der Waals surface area contributed by atoms with E-state index in [1.165, 1.54) is 36.5 Å². The van der Waals surface area contributed by atoms with Crippen LogP contribution in [0.2, 0.25) is 0 Å². The van der Waals surface area contributed by atoms with Gasteiger partial charge in [0, 0.05) is 56.3 Å². The summed E-state index contributed by atoms with van der Waals surface area (Å²) in [5, 5.41) is 26.1. The van der Waals surface area contributed by atoms with Gasteiger partial charge in [0.15, 0.2) is 10.6 Å². The Morgan fingerprint density at radius 2 is 1.66 bits per heavy atom. The highest BCUT2D eigenvalue weighted by Gasteiger charge is 2.64. The first-order chi connectivity index (χ1) is 22.2. The number of aromatic nitrogens is 2. The van der Waals surface area contributed by atoms with Crippen LogP contribution in [0.4, 0.5) is 5.69 Å². The number of methoxy groups -OCH3 is 1. The van der Waals surface area contributed by atoms with Gasteiger partial charge < -0.3 is 25.0 Å². The molecule has 3 atom stereocenters. The van der Waals surface area contributed by atoms with Gasteiger partial charge in [-0.25, -0.2) is 19.6 Å². The van der Waals surface area contributed by atoms with Crippen LogP contribution in [-0.4, -0.2) is 107 Å². The van der Waals surface area contributed by atoms with E-state index in [0.29, 0.717) is 17.7 Å². The second-order valence-corrected chi connectivity index (χ2v) is 12.6. The first kappa shape index (κ1) is 34.7. The summed E-state index contributed by atoms with van der Waals surface area (Å²) in [5.41, 5.74) is -0.380. The van der Waals surface area contributed by atoms with Crippen molar-refractivity contribution >= 4 is 39.5 Å². The molecule has 2 aliphatic rings. The lowest BCUT2D eigenvalue weighted by Gasteiger charge is -2.41. The number of hydrogen-bond acceptors (Lipinski definition) is 11. The van der Waals surface area contributed by atoms with Gasteiger partial charge >= 0.3 is 11.9 Å². The minimum atomic E-state index is -4.48. The number of nitrogens with zero attached hydrogens (tertiary/aromatic N) is 5. The number of ether oxygens (including phenoxy) is 1. The third kappa shape index (κ3) is 6.43. The normalized spacial score (nSPS) is 20.8. The summed E-state index contributed by atoms with van der Waals surface area (Å²) in [6, 6.07) is 11.8. The average Bonchev–Trinajstić information content (AvgIpc) is 3.54. The third-order valence-corrected chi connectivity index (χ3v) is 9.17. The maximum absolute atomic E-state index is 14.9. The number of benzene rings is 1. The number of carboxylic acid groups (broad SMARTS) is 2. The molecule has 1 fully saturated rings. The number of sulfonamides is 1. The number of aliphatic carboxylic acids is 2. The average molecular weight is 668 g/mol. The van der Waals surface area contributed by atoms with Crippen molar-refractivity contribution < 1.29 is 47.7 Å². The Morgan fingerprint density at radius 1 is 1.00 bits per heavy atom. The minimum Gasteiger partial charge on any atom is -0.481 e. The number of hydrogen-bond donors (Lipinski definition) is 3. The standard InChI is InChI=1S/C27H29N5O6S.C4H4O4/c1-17-10-11-21-20(14-17)27(19-8-7-13-29-24(19)38-4,31-16-18(33)15-22(31)25(34)30(2)3)26(35)32(21)39(36,37)23-9-5-6-12-28-23;5-3(6)1-2-4(7)8/h5-14,18,22,33H,15-16H2,1-4H3;1-2H,(H,5,6)(H,7,8)/t18-,22+,27?;/m1./s1. The summed E-state index contributed by atoms with van der Waals surface area (Å²) in [6.45, 7) is 1.76. The number of pyridine rings is 2. The third-order valence-electron chi connectivity index (χ3n) is 7.56. The fourth-order valence-corrected chi connectivity index (χ4v) is 7.10. The monoisotopic (exact) mass is 667 g/mol. The molecule has 2 amide bonds. The Balaban J connectivity index is 0.000000555. The van der Waals surface area contributed by atoms with Gasteiger partial charge in [0.05, 0.1) is 24.9 Å². The Morgan fingerprint density at radius 3 is 2.23 bits per heavy atom. The summed E-state index contributed by atoms with van der Waals surface area (Å²) in [4.78, 5) is 58.8. The fourth-order valence-electron chi connectivity index (χ4n) is 5.70. The van der Waals surface area contributed by atoms with Crippen LogP contribution in [0.1, 0.15) is 23.1 Å². The van der Waals surface area contributed by atoms with Crippen LogP contribution < -0.4 is 9.04 Å². The summed E-state index contributed by atoms with van der Waals surface area (Å²) < 4.78 is 34.4. The maximum atomic E-state index is 14.9. The molecule has 2 aliphatic heterocycles. The van der Waals surface area contributed by atoms with E-state index in [1.807, 2.05) is 6.92 Å². The second kappa shape index (κ2) is 13.7. The summed E-state index contributed by atoms with van der Waals surface area (Å²) in [5.74, 6) is -3.60. The Bertz CT molecular complexity index is 1820. The molecule has 1 saturated heterocycles. The number of fused-ring (bicyclic) bond motifs is 1. The SMILES string of the molecule is COc1ncccc1C1(N2C[C@H](O)C[C@H]2C(=O)N(C)C)C(=O)N(S(=O)(=O)c2ccccn2)c2ccc(C)cc21.O=C(O)C=CC(=O)O. The predicted octanol–water partition coefficient (Wildman–Crippen LogP) is 1.01. The number of amides is 2. The van der Waals surface area contributed by atoms with Crippen LogP contribution in [0.5, 0.6) is 5.88 Å². The van der Waals surface area contributed by atoms with E-state index in [9.17, 15) is 32.7 Å². The molecule has 2 aromatic heterocycles. The lowest BCUT2D eigenvalue weighted by molar-refractivity contribution is -0.138. The zero-order chi connectivity index (χ0) is 34.7. The molecule has 47 heavy (non-hydrogen) atoms. The van der Waals surface area contributed by atoms with Crippen LogP contribution in [0.25, 0.3) is 0 Å². The van der Waals surface area contributed by atoms with Crippen molar-refractivity contribution in [3.05, 3.63) is 89.8 Å². The van der Waals surface area contributed by atoms with E-state index in [4.69, 9.17) is 14.9 Å². The van der Waals surface area contributed by atoms with Gasteiger partial charge in [0.1, 0.15) is 0 Å². The number of aliphatic hydroxyl groups is 1. The molecule has 248 valence electrons. The molecule has 4 heterocycles. The molecule has 1 aromatic carbocycles. The summed E-state index contributed by atoms with van der Waals surface area (Å²) in [6.07, 6.45) is 3.06. The van der Waals surface area contributed by atoms with Crippen LogP contribution in [0.15, 0.2) is 78.1 Å². The molecule has 15 nitrogen and oxygen atoms in total. The Kier molecular flexibility index (Phi) is 10.1. The molecular weight excluding hydrogens is 634 g/mol. The molecular formula is C31H33N5O10S. The number of likely N-dealkylation sites (N-methyl/N-ethyl adjacent to an activating group) is 1. The van der Waals surface area contributed by atoms with E-state index < -0.39 is 45.6 Å². The number of rotatable bonds is 8. The number of β-amino-alcohol motifs (C(OH)–C–C–N with tert-alkyl or cyclic N) is 1. The van der Waals surface area contributed by atoms with Crippen molar-refractivity contribution in [2.75, 3.05) is 32.1 Å². The topological polar surface area (TPSA) is 208 Å². The Labute approximate surface area is 270 Å². The number of carbonyl (C=O) groups is 4. The van der Waals surface area contributed by atoms with Gasteiger partial charge in [-0.2, -0.15) is 12.7 Å². The number of carboxylic acids is 2. The second-order valence-electron chi connectivity index (χ2n) is 10.8. The maximum Gasteiger partial charge on any atom is 0.328 e. The van der Waals surface area contributed by atoms with Gasteiger partial charge in [-0.1, -0.05) is 23.8 Å². The van der Waals surface area contributed by atoms with Gasteiger partial charge in [-0.05, 0) is 43.7 Å². The Hall–Kier alpha value is -5.19. The highest BCUT2D eigenvalue weighted by Crippen LogP contribution is 2.54. The zero-order valence-electron chi connectivity index (χ0n) is 25.8. The van der Waals surface area contributed by atoms with Gasteiger partial charge in [0.2, 0.25) is 11.8 Å². The number of carbonyl (C=O) groups excluding carboxylic acids is 2. The first-order valence-corrected chi connectivity index (χ1v) is 15.5. The number of aliphatic hydroxyl groups excluding tert-OH is 1. The molecule has 0 aliphatic carbocycles. The van der Waals surface area contributed by atoms with E-state index in [2.05, 4.69) is 9.97 Å². The van der Waals surface area contributed by atoms with Crippen molar-refractivity contribution in [2.24, 2.45) is 0 Å². The molecule has 16 heteroatoms. The zero-order valence-corrected chi connectivity index (χ0v) is 26.7. The molecule has 0 radical (unpaired) electrons. The molecule has 0 spiro atoms. The van der Waals surface area contributed by atoms with E-state index in [1.54, 1.807) is 55.4 Å². The van der Waals surface area contributed by atoms with E-state index in [0.717, 1.165) is 9.87 Å². The quantitative estimate of drug-likeness (QED) is 0.287. The minimum absolute atomic E-state index is 0.0583. The van der Waals surface area contributed by atoms with Crippen molar-refractivity contribution in [3.63, 3.8) is 0 Å². The largest absolute Gasteiger partial charge is 0.481 e. The van der Waals surface area contributed by atoms with Crippen molar-refractivity contribution in [1.82, 2.24) is 19.8 Å². The highest BCUT2D eigenvalue weighted by molar-refractivity contribution is 7.93. The lowest BCUT2D eigenvalue weighted by atomic mass is 9.81. The molecule has 5 rings (SSSR count). The molecule has 3 N–H and O–H groups in total. The van der Waals surface area contributed by atoms with Crippen molar-refractivity contribution in [3.8, 4) is 5.88 Å². The van der Waals surface area contributed by atoms with Crippen LogP contribution in [0, 0.1) is 6.92 Å². The van der Waals surface area contributed by atoms with Crippen molar-refractivity contribution in [2.45, 2.75) is 36.1 Å². The van der Waals surface area contributed by atoms with Crippen LogP contribution >= 0.6 is 0 Å². The molecule has 0 saturated carbocycles. The van der Waals surface area contributed by atoms with Crippen LogP contribution in [-0.2, 0) is 34.7 Å². The number of anilines is 1. The van der Waals surface area contributed by atoms with Crippen molar-refractivity contribution in [1.29, 1.82) is 0 Å². The van der Waals surface area contributed by atoms with Gasteiger partial charge in [0.25, 0.3) is 15.9 Å². The molecule has 3 aromatic rings. The summed E-state index contributed by atoms with van der Waals surface area (Å²) >= 11 is 0. The first-order valence-electron chi connectivity index (χ1n) is 14.1.